The van der Waals surface area contributed by atoms with Gasteiger partial charge in [-0.1, -0.05) is 48.5 Å². The van der Waals surface area contributed by atoms with Crippen LogP contribution in [0.5, 0.6) is 0 Å². The third-order valence-corrected chi connectivity index (χ3v) is 6.64. The van der Waals surface area contributed by atoms with Crippen molar-refractivity contribution in [3.8, 4) is 0 Å². The highest BCUT2D eigenvalue weighted by atomic mass is 32.1. The van der Waals surface area contributed by atoms with Crippen LogP contribution < -0.4 is 10.2 Å². The van der Waals surface area contributed by atoms with Crippen molar-refractivity contribution in [1.82, 2.24) is 14.9 Å². The van der Waals surface area contributed by atoms with Crippen LogP contribution in [0.1, 0.15) is 40.3 Å². The van der Waals surface area contributed by atoms with Gasteiger partial charge in [-0.05, 0) is 67.5 Å². The normalized spacial score (nSPS) is 17.9. The molecule has 4 aromatic rings. The summed E-state index contributed by atoms with van der Waals surface area (Å²) in [6.07, 6.45) is 1.78. The monoisotopic (exact) mass is 456 g/mol. The molecule has 5 rings (SSSR count). The Labute approximate surface area is 198 Å². The number of hydrogen-bond acceptors (Lipinski definition) is 2. The molecule has 0 radical (unpaired) electrons. The number of anilines is 1. The van der Waals surface area contributed by atoms with Gasteiger partial charge in [0.15, 0.2) is 5.11 Å². The van der Waals surface area contributed by atoms with E-state index in [9.17, 15) is 4.39 Å². The molecule has 1 N–H and O–H groups in total. The first-order chi connectivity index (χ1) is 16.0. The lowest BCUT2D eigenvalue weighted by Gasteiger charge is -2.28. The van der Waals surface area contributed by atoms with Gasteiger partial charge < -0.3 is 14.8 Å². The van der Waals surface area contributed by atoms with Gasteiger partial charge in [-0.3, -0.25) is 4.98 Å². The molecular formula is C27H25FN4S. The molecule has 2 aromatic carbocycles. The van der Waals surface area contributed by atoms with Gasteiger partial charge in [0.25, 0.3) is 0 Å². The van der Waals surface area contributed by atoms with Gasteiger partial charge in [-0.2, -0.15) is 0 Å². The Morgan fingerprint density at radius 1 is 0.970 bits per heavy atom. The fourth-order valence-electron chi connectivity index (χ4n) is 4.71. The first-order valence-electron chi connectivity index (χ1n) is 11.0. The van der Waals surface area contributed by atoms with Gasteiger partial charge in [-0.25, -0.2) is 4.39 Å². The van der Waals surface area contributed by atoms with Crippen molar-refractivity contribution in [3.05, 3.63) is 119 Å². The van der Waals surface area contributed by atoms with E-state index >= 15 is 0 Å². The number of thiocarbonyl (C=S) groups is 1. The summed E-state index contributed by atoms with van der Waals surface area (Å²) >= 11 is 5.74. The quantitative estimate of drug-likeness (QED) is 0.381. The molecule has 0 spiro atoms. The van der Waals surface area contributed by atoms with Crippen LogP contribution in [0, 0.1) is 19.7 Å². The molecule has 0 aliphatic carbocycles. The molecule has 6 heteroatoms. The van der Waals surface area contributed by atoms with E-state index < -0.39 is 0 Å². The van der Waals surface area contributed by atoms with Gasteiger partial charge in [0, 0.05) is 24.1 Å². The molecule has 0 bridgehead atoms. The summed E-state index contributed by atoms with van der Waals surface area (Å²) in [5.41, 5.74) is 5.96. The predicted octanol–water partition coefficient (Wildman–Crippen LogP) is 5.86. The van der Waals surface area contributed by atoms with Gasteiger partial charge in [0.05, 0.1) is 23.5 Å². The molecule has 1 saturated heterocycles. The number of para-hydroxylation sites is 1. The summed E-state index contributed by atoms with van der Waals surface area (Å²) in [5, 5.41) is 3.91. The van der Waals surface area contributed by atoms with Crippen LogP contribution in [0.2, 0.25) is 0 Å². The van der Waals surface area contributed by atoms with Crippen LogP contribution in [0.15, 0.2) is 85.1 Å². The Balaban J connectivity index is 1.64. The molecule has 0 saturated carbocycles. The van der Waals surface area contributed by atoms with Crippen LogP contribution in [0.4, 0.5) is 10.1 Å². The Kier molecular flexibility index (Phi) is 5.68. The van der Waals surface area contributed by atoms with Crippen LogP contribution in [-0.2, 0) is 6.54 Å². The number of pyridine rings is 1. The summed E-state index contributed by atoms with van der Waals surface area (Å²) in [5.74, 6) is -0.300. The largest absolute Gasteiger partial charge is 0.351 e. The Morgan fingerprint density at radius 3 is 2.42 bits per heavy atom. The summed E-state index contributed by atoms with van der Waals surface area (Å²) in [7, 11) is 0. The standard InChI is InChI=1S/C27H25FN4S/c1-18-16-21(19(2)31(18)17-20-10-4-3-5-11-20)26-25(23-13-8-9-15-29-23)30-27(33)32(26)24-14-7-6-12-22(24)28/h3-16,25-26H,17H2,1-2H3,(H,30,33)/t25-,26-/m0/s1. The van der Waals surface area contributed by atoms with E-state index in [0.717, 1.165) is 29.2 Å². The average molecular weight is 457 g/mol. The van der Waals surface area contributed by atoms with Crippen molar-refractivity contribution >= 4 is 23.0 Å². The highest BCUT2D eigenvalue weighted by Gasteiger charge is 2.43. The second kappa shape index (κ2) is 8.79. The molecule has 166 valence electrons. The number of benzene rings is 2. The maximum atomic E-state index is 15.0. The van der Waals surface area contributed by atoms with Gasteiger partial charge >= 0.3 is 0 Å². The predicted molar refractivity (Wildman–Crippen MR) is 134 cm³/mol. The third kappa shape index (κ3) is 3.91. The Morgan fingerprint density at radius 2 is 1.70 bits per heavy atom. The first kappa shape index (κ1) is 21.3. The van der Waals surface area contributed by atoms with Crippen molar-refractivity contribution in [2.24, 2.45) is 0 Å². The smallest absolute Gasteiger partial charge is 0.174 e. The highest BCUT2D eigenvalue weighted by Crippen LogP contribution is 2.43. The molecule has 2 aromatic heterocycles. The Bertz CT molecular complexity index is 1290. The summed E-state index contributed by atoms with van der Waals surface area (Å²) in [4.78, 5) is 6.50. The summed E-state index contributed by atoms with van der Waals surface area (Å²) < 4.78 is 17.3. The van der Waals surface area contributed by atoms with E-state index in [4.69, 9.17) is 12.2 Å². The van der Waals surface area contributed by atoms with Gasteiger partial charge in [0.2, 0.25) is 0 Å². The number of rotatable bonds is 5. The number of nitrogens with zero attached hydrogens (tertiary/aromatic N) is 3. The lowest BCUT2D eigenvalue weighted by atomic mass is 9.96. The number of hydrogen-bond donors (Lipinski definition) is 1. The molecule has 1 aliphatic heterocycles. The first-order valence-corrected chi connectivity index (χ1v) is 11.4. The van der Waals surface area contributed by atoms with E-state index in [-0.39, 0.29) is 17.9 Å². The third-order valence-electron chi connectivity index (χ3n) is 6.33. The molecule has 4 nitrogen and oxygen atoms in total. The number of aromatic nitrogens is 2. The van der Waals surface area contributed by atoms with Crippen molar-refractivity contribution in [3.63, 3.8) is 0 Å². The van der Waals surface area contributed by atoms with Crippen molar-refractivity contribution in [1.29, 1.82) is 0 Å². The molecule has 1 aliphatic rings. The van der Waals surface area contributed by atoms with E-state index in [1.54, 1.807) is 18.3 Å². The van der Waals surface area contributed by atoms with Gasteiger partial charge in [-0.15, -0.1) is 0 Å². The van der Waals surface area contributed by atoms with E-state index in [2.05, 4.69) is 59.0 Å². The zero-order valence-electron chi connectivity index (χ0n) is 18.6. The molecule has 0 amide bonds. The fraction of sp³-hybridized carbons (Fsp3) is 0.185. The topological polar surface area (TPSA) is 33.1 Å². The molecule has 1 fully saturated rings. The highest BCUT2D eigenvalue weighted by molar-refractivity contribution is 7.80. The number of halogens is 1. The maximum Gasteiger partial charge on any atom is 0.174 e. The van der Waals surface area contributed by atoms with Crippen LogP contribution in [0.3, 0.4) is 0 Å². The lowest BCUT2D eigenvalue weighted by Crippen LogP contribution is -2.30. The molecule has 2 atom stereocenters. The van der Waals surface area contributed by atoms with Crippen molar-refractivity contribution < 1.29 is 4.39 Å². The fourth-order valence-corrected chi connectivity index (χ4v) is 5.05. The minimum absolute atomic E-state index is 0.205. The van der Waals surface area contributed by atoms with E-state index in [0.29, 0.717) is 10.8 Å². The van der Waals surface area contributed by atoms with E-state index in [1.807, 2.05) is 35.2 Å². The maximum absolute atomic E-state index is 15.0. The zero-order valence-corrected chi connectivity index (χ0v) is 19.4. The second-order valence-corrected chi connectivity index (χ2v) is 8.73. The van der Waals surface area contributed by atoms with Crippen LogP contribution >= 0.6 is 12.2 Å². The molecule has 0 unspecified atom stereocenters. The van der Waals surface area contributed by atoms with Crippen LogP contribution in [0.25, 0.3) is 0 Å². The molecular weight excluding hydrogens is 431 g/mol. The average Bonchev–Trinajstić information content (AvgIpc) is 3.31. The molecule has 33 heavy (non-hydrogen) atoms. The van der Waals surface area contributed by atoms with Crippen molar-refractivity contribution in [2.45, 2.75) is 32.5 Å². The van der Waals surface area contributed by atoms with Crippen molar-refractivity contribution in [2.75, 3.05) is 4.90 Å². The number of nitrogens with one attached hydrogen (secondary N) is 1. The zero-order chi connectivity index (χ0) is 22.9. The Hall–Kier alpha value is -3.51. The summed E-state index contributed by atoms with van der Waals surface area (Å²) in [6, 6.07) is 24.8. The minimum atomic E-state index is -0.300. The minimum Gasteiger partial charge on any atom is -0.351 e. The summed E-state index contributed by atoms with van der Waals surface area (Å²) in [6.45, 7) is 5.02. The van der Waals surface area contributed by atoms with Gasteiger partial charge in [0.1, 0.15) is 5.82 Å². The van der Waals surface area contributed by atoms with E-state index in [1.165, 1.54) is 11.6 Å². The second-order valence-electron chi connectivity index (χ2n) is 8.35. The SMILES string of the molecule is Cc1cc([C@H]2[C@H](c3ccccn3)NC(=S)N2c2ccccc2F)c(C)n1Cc1ccccc1. The molecule has 3 heterocycles. The lowest BCUT2D eigenvalue weighted by molar-refractivity contribution is 0.554. The van der Waals surface area contributed by atoms with Crippen LogP contribution in [-0.4, -0.2) is 14.7 Å². The number of aryl methyl sites for hydroxylation is 1.